The summed E-state index contributed by atoms with van der Waals surface area (Å²) in [6.45, 7) is 0. The number of hydrogen-bond acceptors (Lipinski definition) is 5. The Balaban J connectivity index is 1.88. The lowest BCUT2D eigenvalue weighted by molar-refractivity contribution is 0.0868. The molecule has 2 rings (SSSR count). The van der Waals surface area contributed by atoms with E-state index in [-0.39, 0.29) is 17.9 Å². The quantitative estimate of drug-likeness (QED) is 0.709. The highest BCUT2D eigenvalue weighted by molar-refractivity contribution is 7.89. The van der Waals surface area contributed by atoms with Crippen LogP contribution >= 0.6 is 12.2 Å². The molecule has 3 N–H and O–H groups in total. The lowest BCUT2D eigenvalue weighted by Crippen LogP contribution is -2.49. The Kier molecular flexibility index (Phi) is 7.32. The van der Waals surface area contributed by atoms with Crippen LogP contribution in [0.25, 0.3) is 0 Å². The van der Waals surface area contributed by atoms with Crippen LogP contribution in [0.4, 0.5) is 0 Å². The molecule has 0 aliphatic heterocycles. The van der Waals surface area contributed by atoms with Gasteiger partial charge >= 0.3 is 0 Å². The molecule has 0 spiro atoms. The predicted molar refractivity (Wildman–Crippen MR) is 111 cm³/mol. The summed E-state index contributed by atoms with van der Waals surface area (Å²) in [7, 11) is 1.19. The van der Waals surface area contributed by atoms with Gasteiger partial charge in [0.05, 0.1) is 0 Å². The number of rotatable bonds is 5. The first-order valence-corrected chi connectivity index (χ1v) is 10.9. The van der Waals surface area contributed by atoms with E-state index < -0.39 is 15.4 Å². The summed E-state index contributed by atoms with van der Waals surface area (Å²) in [4.78, 5) is 13.9. The van der Waals surface area contributed by atoms with Gasteiger partial charge in [-0.3, -0.25) is 9.69 Å². The molecule has 0 radical (unpaired) electrons. The van der Waals surface area contributed by atoms with Crippen molar-refractivity contribution in [3.8, 4) is 0 Å². The summed E-state index contributed by atoms with van der Waals surface area (Å²) in [6, 6.07) is 9.08. The van der Waals surface area contributed by atoms with Crippen LogP contribution in [0.5, 0.6) is 0 Å². The highest BCUT2D eigenvalue weighted by atomic mass is 32.2. The van der Waals surface area contributed by atoms with Crippen molar-refractivity contribution >= 4 is 33.3 Å². The second kappa shape index (κ2) is 9.09. The number of benzene rings is 1. The summed E-state index contributed by atoms with van der Waals surface area (Å²) >= 11 is 5.37. The fraction of sp³-hybridized carbons (Fsp3) is 0.556. The maximum Gasteiger partial charge on any atom is 0.259 e. The Labute approximate surface area is 166 Å². The first-order valence-electron chi connectivity index (χ1n) is 8.95. The second-order valence-electron chi connectivity index (χ2n) is 7.08. The van der Waals surface area contributed by atoms with Gasteiger partial charge in [-0.05, 0) is 56.0 Å². The molecule has 1 aliphatic carbocycles. The van der Waals surface area contributed by atoms with Crippen molar-refractivity contribution in [2.75, 3.05) is 21.1 Å². The van der Waals surface area contributed by atoms with Gasteiger partial charge in [-0.1, -0.05) is 18.2 Å². The summed E-state index contributed by atoms with van der Waals surface area (Å²) in [5.74, 6) is -0.242. The topological polar surface area (TPSA) is 95.7 Å². The minimum absolute atomic E-state index is 0.0762. The van der Waals surface area contributed by atoms with E-state index in [0.29, 0.717) is 23.5 Å². The van der Waals surface area contributed by atoms with Crippen molar-refractivity contribution in [3.63, 3.8) is 0 Å². The molecule has 0 saturated heterocycles. The molecular formula is C18H28N4O3S2. The fourth-order valence-electron chi connectivity index (χ4n) is 3.22. The zero-order valence-corrected chi connectivity index (χ0v) is 17.6. The normalized spacial score (nSPS) is 21.5. The SMILES string of the molecule is CN(C(=O)c1ccccc1)C(=S)NC1CCC(C(N)S(=O)(=O)N(C)C)CC1. The molecule has 1 fully saturated rings. The monoisotopic (exact) mass is 412 g/mol. The number of nitrogens with zero attached hydrogens (tertiary/aromatic N) is 2. The van der Waals surface area contributed by atoms with Crippen molar-refractivity contribution in [1.82, 2.24) is 14.5 Å². The third-order valence-electron chi connectivity index (χ3n) is 5.05. The number of nitrogens with one attached hydrogen (secondary N) is 1. The third-order valence-corrected chi connectivity index (χ3v) is 7.53. The molecule has 27 heavy (non-hydrogen) atoms. The Morgan fingerprint density at radius 2 is 1.70 bits per heavy atom. The molecule has 9 heteroatoms. The van der Waals surface area contributed by atoms with Crippen LogP contribution in [0.2, 0.25) is 0 Å². The van der Waals surface area contributed by atoms with Crippen LogP contribution < -0.4 is 11.1 Å². The fourth-order valence-corrected chi connectivity index (χ4v) is 4.71. The van der Waals surface area contributed by atoms with Gasteiger partial charge in [-0.15, -0.1) is 0 Å². The molecule has 0 heterocycles. The molecule has 1 atom stereocenters. The lowest BCUT2D eigenvalue weighted by atomic mass is 9.86. The number of amides is 1. The average Bonchev–Trinajstić information content (AvgIpc) is 2.67. The van der Waals surface area contributed by atoms with Gasteiger partial charge in [0.2, 0.25) is 10.0 Å². The van der Waals surface area contributed by atoms with E-state index in [1.807, 2.05) is 18.2 Å². The molecule has 7 nitrogen and oxygen atoms in total. The van der Waals surface area contributed by atoms with Crippen molar-refractivity contribution in [2.45, 2.75) is 37.1 Å². The van der Waals surface area contributed by atoms with Crippen LogP contribution in [-0.2, 0) is 10.0 Å². The van der Waals surface area contributed by atoms with Gasteiger partial charge in [-0.25, -0.2) is 12.7 Å². The van der Waals surface area contributed by atoms with Crippen molar-refractivity contribution in [1.29, 1.82) is 0 Å². The van der Waals surface area contributed by atoms with Crippen LogP contribution in [0, 0.1) is 5.92 Å². The molecule has 1 saturated carbocycles. The first-order chi connectivity index (χ1) is 12.6. The highest BCUT2D eigenvalue weighted by Crippen LogP contribution is 2.29. The van der Waals surface area contributed by atoms with E-state index in [1.165, 1.54) is 23.3 Å². The van der Waals surface area contributed by atoms with Gasteiger partial charge in [-0.2, -0.15) is 0 Å². The molecule has 0 aromatic heterocycles. The molecule has 1 aromatic rings. The largest absolute Gasteiger partial charge is 0.359 e. The molecule has 1 aromatic carbocycles. The average molecular weight is 413 g/mol. The van der Waals surface area contributed by atoms with E-state index >= 15 is 0 Å². The van der Waals surface area contributed by atoms with Crippen LogP contribution in [0.15, 0.2) is 30.3 Å². The molecule has 150 valence electrons. The zero-order chi connectivity index (χ0) is 20.2. The van der Waals surface area contributed by atoms with Crippen molar-refractivity contribution in [3.05, 3.63) is 35.9 Å². The molecule has 1 aliphatic rings. The minimum atomic E-state index is -3.46. The van der Waals surface area contributed by atoms with Crippen LogP contribution in [0.1, 0.15) is 36.0 Å². The zero-order valence-electron chi connectivity index (χ0n) is 16.0. The predicted octanol–water partition coefficient (Wildman–Crippen LogP) is 1.37. The first kappa shape index (κ1) is 21.7. The van der Waals surface area contributed by atoms with E-state index in [9.17, 15) is 13.2 Å². The number of carbonyl (C=O) groups excluding carboxylic acids is 1. The Morgan fingerprint density at radius 3 is 2.22 bits per heavy atom. The number of thiocarbonyl (C=S) groups is 1. The summed E-state index contributed by atoms with van der Waals surface area (Å²) in [5, 5.41) is 2.71. The smallest absolute Gasteiger partial charge is 0.259 e. The van der Waals surface area contributed by atoms with Gasteiger partial charge < -0.3 is 11.1 Å². The second-order valence-corrected chi connectivity index (χ2v) is 9.77. The Hall–Kier alpha value is -1.55. The van der Waals surface area contributed by atoms with E-state index in [2.05, 4.69) is 5.32 Å². The summed E-state index contributed by atoms with van der Waals surface area (Å²) in [6.07, 6.45) is 2.92. The highest BCUT2D eigenvalue weighted by Gasteiger charge is 2.34. The third kappa shape index (κ3) is 5.25. The van der Waals surface area contributed by atoms with Crippen LogP contribution in [-0.4, -0.2) is 61.2 Å². The van der Waals surface area contributed by atoms with E-state index in [0.717, 1.165) is 12.8 Å². The van der Waals surface area contributed by atoms with Crippen molar-refractivity contribution in [2.24, 2.45) is 11.7 Å². The standard InChI is InChI=1S/C18H28N4O3S2/c1-21(2)27(24,25)16(19)13-9-11-15(12-10-13)20-18(26)22(3)17(23)14-7-5-4-6-8-14/h4-8,13,15-16H,9-12,19H2,1-3H3,(H,20,26). The Morgan fingerprint density at radius 1 is 1.15 bits per heavy atom. The molecule has 0 bridgehead atoms. The molecule has 1 amide bonds. The molecule has 1 unspecified atom stereocenters. The maximum atomic E-state index is 12.5. The van der Waals surface area contributed by atoms with Gasteiger partial charge in [0, 0.05) is 32.7 Å². The van der Waals surface area contributed by atoms with E-state index in [4.69, 9.17) is 18.0 Å². The number of nitrogens with two attached hydrogens (primary N) is 1. The lowest BCUT2D eigenvalue weighted by Gasteiger charge is -2.34. The summed E-state index contributed by atoms with van der Waals surface area (Å²) < 4.78 is 25.6. The van der Waals surface area contributed by atoms with Gasteiger partial charge in [0.25, 0.3) is 5.91 Å². The van der Waals surface area contributed by atoms with Gasteiger partial charge in [0.1, 0.15) is 5.37 Å². The maximum absolute atomic E-state index is 12.5. The van der Waals surface area contributed by atoms with Crippen molar-refractivity contribution < 1.29 is 13.2 Å². The van der Waals surface area contributed by atoms with Crippen LogP contribution in [0.3, 0.4) is 0 Å². The Bertz CT molecular complexity index is 760. The van der Waals surface area contributed by atoms with Gasteiger partial charge in [0.15, 0.2) is 5.11 Å². The summed E-state index contributed by atoms with van der Waals surface area (Å²) in [5.41, 5.74) is 6.57. The number of carbonyl (C=O) groups is 1. The molecular weight excluding hydrogens is 384 g/mol. The number of sulfonamides is 1. The van der Waals surface area contributed by atoms with E-state index in [1.54, 1.807) is 19.2 Å². The number of hydrogen-bond donors (Lipinski definition) is 2. The minimum Gasteiger partial charge on any atom is -0.359 e.